The number of nitrogens with zero attached hydrogens (tertiary/aromatic N) is 6. The molecule has 0 aliphatic carbocycles. The molecule has 0 radical (unpaired) electrons. The molecule has 0 unspecified atom stereocenters. The molecule has 0 saturated carbocycles. The maximum absolute atomic E-state index is 13.5. The zero-order chi connectivity index (χ0) is 26.0. The summed E-state index contributed by atoms with van der Waals surface area (Å²) in [7, 11) is -0.775. The van der Waals surface area contributed by atoms with Crippen LogP contribution in [0.15, 0.2) is 36.0 Å². The lowest BCUT2D eigenvalue weighted by atomic mass is 10.1. The Bertz CT molecular complexity index is 1450. The van der Waals surface area contributed by atoms with E-state index in [-0.39, 0.29) is 11.6 Å². The highest BCUT2D eigenvalue weighted by atomic mass is 32.2. The molecule has 4 rings (SSSR count). The van der Waals surface area contributed by atoms with E-state index in [1.807, 2.05) is 12.3 Å². The van der Waals surface area contributed by atoms with E-state index in [9.17, 15) is 12.8 Å². The van der Waals surface area contributed by atoms with E-state index in [2.05, 4.69) is 25.1 Å². The number of para-hydroxylation sites is 1. The first-order chi connectivity index (χ1) is 17.2. The fraction of sp³-hybridized carbons (Fsp3) is 0.348. The fourth-order valence-electron chi connectivity index (χ4n) is 3.68. The molecule has 0 saturated heterocycles. The average Bonchev–Trinajstić information content (AvgIpc) is 3.48. The monoisotopic (exact) mass is 532 g/mol. The van der Waals surface area contributed by atoms with Crippen LogP contribution in [-0.4, -0.2) is 57.6 Å². The number of aromatic nitrogens is 6. The van der Waals surface area contributed by atoms with Crippen molar-refractivity contribution in [2.24, 2.45) is 0 Å². The van der Waals surface area contributed by atoms with E-state index in [0.29, 0.717) is 28.0 Å². The third-order valence-corrected chi connectivity index (χ3v) is 8.97. The molecule has 0 fully saturated rings. The van der Waals surface area contributed by atoms with Gasteiger partial charge in [0.15, 0.2) is 32.3 Å². The van der Waals surface area contributed by atoms with Gasteiger partial charge < -0.3 is 9.47 Å². The molecule has 1 aromatic carbocycles. The van der Waals surface area contributed by atoms with Gasteiger partial charge in [-0.05, 0) is 26.0 Å². The van der Waals surface area contributed by atoms with Crippen molar-refractivity contribution in [3.05, 3.63) is 59.1 Å². The highest BCUT2D eigenvalue weighted by Crippen LogP contribution is 2.37. The molecule has 13 heteroatoms. The number of halogens is 1. The summed E-state index contributed by atoms with van der Waals surface area (Å²) in [4.78, 5) is 12.4. The summed E-state index contributed by atoms with van der Waals surface area (Å²) in [5.41, 5.74) is 1.26. The number of ether oxygens (including phenoxy) is 2. The first-order valence-electron chi connectivity index (χ1n) is 10.9. The topological polar surface area (TPSA) is 122 Å². The average molecular weight is 533 g/mol. The third kappa shape index (κ3) is 4.93. The summed E-state index contributed by atoms with van der Waals surface area (Å²) in [5.74, 6) is 0.0480. The van der Waals surface area contributed by atoms with Gasteiger partial charge in [0, 0.05) is 17.0 Å². The molecule has 2 atom stereocenters. The van der Waals surface area contributed by atoms with Crippen molar-refractivity contribution in [1.29, 1.82) is 0 Å². The summed E-state index contributed by atoms with van der Waals surface area (Å²) < 4.78 is 53.1. The van der Waals surface area contributed by atoms with E-state index in [1.54, 1.807) is 36.6 Å². The minimum atomic E-state index is -3.80. The smallest absolute Gasteiger partial charge is 0.197 e. The van der Waals surface area contributed by atoms with Crippen LogP contribution < -0.4 is 9.47 Å². The predicted octanol–water partition coefficient (Wildman–Crippen LogP) is 3.75. The summed E-state index contributed by atoms with van der Waals surface area (Å²) >= 11 is 1.37. The van der Waals surface area contributed by atoms with Crippen LogP contribution in [0.1, 0.15) is 37.1 Å². The zero-order valence-electron chi connectivity index (χ0n) is 20.3. The Hall–Kier alpha value is -3.45. The lowest BCUT2D eigenvalue weighted by Gasteiger charge is -2.20. The number of methoxy groups -OCH3 is 2. The van der Waals surface area contributed by atoms with Crippen LogP contribution >= 0.6 is 11.3 Å². The van der Waals surface area contributed by atoms with Gasteiger partial charge in [0.25, 0.3) is 0 Å². The molecule has 0 aliphatic heterocycles. The number of sulfone groups is 1. The maximum atomic E-state index is 13.5. The van der Waals surface area contributed by atoms with Crippen LogP contribution in [0.25, 0.3) is 16.5 Å². The Morgan fingerprint density at radius 1 is 1.08 bits per heavy atom. The summed E-state index contributed by atoms with van der Waals surface area (Å²) in [6, 6.07) is 5.24. The minimum Gasteiger partial charge on any atom is -0.494 e. The van der Waals surface area contributed by atoms with Gasteiger partial charge in [-0.1, -0.05) is 13.0 Å². The third-order valence-electron chi connectivity index (χ3n) is 5.81. The molecule has 0 amide bonds. The van der Waals surface area contributed by atoms with Crippen LogP contribution in [0.2, 0.25) is 0 Å². The summed E-state index contributed by atoms with van der Waals surface area (Å²) in [6.07, 6.45) is 2.04. The van der Waals surface area contributed by atoms with Gasteiger partial charge in [0.05, 0.1) is 31.9 Å². The van der Waals surface area contributed by atoms with E-state index in [0.717, 1.165) is 18.1 Å². The first kappa shape index (κ1) is 25.6. The zero-order valence-corrected chi connectivity index (χ0v) is 22.0. The molecule has 36 heavy (non-hydrogen) atoms. The lowest BCUT2D eigenvalue weighted by molar-refractivity contribution is 0.390. The summed E-state index contributed by atoms with van der Waals surface area (Å²) in [5, 5.41) is 10.1. The van der Waals surface area contributed by atoms with Crippen molar-refractivity contribution in [2.75, 3.05) is 14.2 Å². The molecule has 0 aliphatic rings. The van der Waals surface area contributed by atoms with Crippen molar-refractivity contribution in [3.8, 4) is 28.0 Å². The van der Waals surface area contributed by atoms with Crippen LogP contribution in [-0.2, 0) is 15.6 Å². The number of rotatable bonds is 9. The molecule has 0 bridgehead atoms. The van der Waals surface area contributed by atoms with Crippen molar-refractivity contribution >= 4 is 21.2 Å². The Morgan fingerprint density at radius 2 is 1.72 bits per heavy atom. The molecular weight excluding hydrogens is 507 g/mol. The van der Waals surface area contributed by atoms with Gasteiger partial charge in [0.2, 0.25) is 0 Å². The second-order valence-corrected chi connectivity index (χ2v) is 11.4. The second kappa shape index (κ2) is 10.3. The second-order valence-electron chi connectivity index (χ2n) is 8.14. The molecule has 3 heterocycles. The Kier molecular flexibility index (Phi) is 7.31. The number of thiazole rings is 1. The van der Waals surface area contributed by atoms with Gasteiger partial charge in [0.1, 0.15) is 28.8 Å². The van der Waals surface area contributed by atoms with E-state index < -0.39 is 32.6 Å². The van der Waals surface area contributed by atoms with Gasteiger partial charge >= 0.3 is 0 Å². The lowest BCUT2D eigenvalue weighted by Crippen LogP contribution is -2.27. The van der Waals surface area contributed by atoms with E-state index >= 15 is 0 Å². The highest BCUT2D eigenvalue weighted by molar-refractivity contribution is 7.91. The number of hydrogen-bond donors (Lipinski definition) is 0. The SMILES string of the molecule is COc1cccc(OC)c1-n1c(CS(=O)(=O)[C@H](C)[C@H](C)c2ncc(F)cn2)nnc1-c1nc(C)cs1. The molecule has 0 N–H and O–H groups in total. The van der Waals surface area contributed by atoms with Gasteiger partial charge in [-0.15, -0.1) is 21.5 Å². The molecule has 3 aromatic heterocycles. The molecule has 4 aromatic rings. The van der Waals surface area contributed by atoms with E-state index in [4.69, 9.17) is 9.47 Å². The number of benzene rings is 1. The number of aryl methyl sites for hydroxylation is 1. The molecule has 0 spiro atoms. The van der Waals surface area contributed by atoms with Crippen LogP contribution in [0, 0.1) is 12.7 Å². The predicted molar refractivity (Wildman–Crippen MR) is 133 cm³/mol. The highest BCUT2D eigenvalue weighted by Gasteiger charge is 2.33. The van der Waals surface area contributed by atoms with Crippen molar-refractivity contribution < 1.29 is 22.3 Å². The largest absolute Gasteiger partial charge is 0.494 e. The quantitative estimate of drug-likeness (QED) is 0.317. The Balaban J connectivity index is 1.81. The first-order valence-corrected chi connectivity index (χ1v) is 13.5. The normalized spacial score (nSPS) is 13.4. The van der Waals surface area contributed by atoms with E-state index in [1.165, 1.54) is 25.6 Å². The van der Waals surface area contributed by atoms with Crippen molar-refractivity contribution in [2.45, 2.75) is 37.7 Å². The van der Waals surface area contributed by atoms with Gasteiger partial charge in [-0.25, -0.2) is 27.8 Å². The molecule has 10 nitrogen and oxygen atoms in total. The minimum absolute atomic E-state index is 0.166. The van der Waals surface area contributed by atoms with Crippen LogP contribution in [0.4, 0.5) is 4.39 Å². The Labute approximate surface area is 212 Å². The van der Waals surface area contributed by atoms with Crippen molar-refractivity contribution in [3.63, 3.8) is 0 Å². The van der Waals surface area contributed by atoms with Crippen molar-refractivity contribution in [1.82, 2.24) is 29.7 Å². The molecular formula is C23H25FN6O4S2. The van der Waals surface area contributed by atoms with Gasteiger partial charge in [-0.2, -0.15) is 0 Å². The fourth-order valence-corrected chi connectivity index (χ4v) is 6.00. The Morgan fingerprint density at radius 3 is 2.28 bits per heavy atom. The van der Waals surface area contributed by atoms with Crippen LogP contribution in [0.3, 0.4) is 0 Å². The maximum Gasteiger partial charge on any atom is 0.197 e. The standard InChI is InChI=1S/C23H25FN6O4S2/c1-13-11-35-23(27-13)22-29-28-19(30(22)20-17(33-4)7-6-8-18(20)34-5)12-36(31,32)15(3)14(2)21-25-9-16(24)10-26-21/h6-11,14-15H,12H2,1-5H3/t14-,15+/m0/s1. The summed E-state index contributed by atoms with van der Waals surface area (Å²) in [6.45, 7) is 5.12. The van der Waals surface area contributed by atoms with Gasteiger partial charge in [-0.3, -0.25) is 4.57 Å². The van der Waals surface area contributed by atoms with Crippen LogP contribution in [0.5, 0.6) is 11.5 Å². The number of hydrogen-bond acceptors (Lipinski definition) is 10. The molecule has 190 valence electrons.